The van der Waals surface area contributed by atoms with Gasteiger partial charge in [-0.2, -0.15) is 0 Å². The van der Waals surface area contributed by atoms with E-state index in [-0.39, 0.29) is 11.9 Å². The maximum Gasteiger partial charge on any atom is 0.259 e. The average molecular weight is 624 g/mol. The predicted octanol–water partition coefficient (Wildman–Crippen LogP) is 1.92. The van der Waals surface area contributed by atoms with Crippen LogP contribution in [0.2, 0.25) is 0 Å². The van der Waals surface area contributed by atoms with E-state index >= 15 is 0 Å². The summed E-state index contributed by atoms with van der Waals surface area (Å²) in [5.74, 6) is -1.84. The van der Waals surface area contributed by atoms with Crippen LogP contribution in [0.15, 0.2) is 48.5 Å². The maximum atomic E-state index is 13.6. The number of nitrogens with zero attached hydrogens (tertiary/aromatic N) is 2. The first-order valence-corrected chi connectivity index (χ1v) is 15.2. The van der Waals surface area contributed by atoms with Crippen molar-refractivity contribution in [2.24, 2.45) is 18.5 Å². The minimum atomic E-state index is -0.851. The van der Waals surface area contributed by atoms with Crippen molar-refractivity contribution in [3.05, 3.63) is 59.7 Å². The normalized spacial score (nSPS) is 14.8. The number of guanidine groups is 1. The second kappa shape index (κ2) is 11.8. The molecule has 0 saturated carbocycles. The molecule has 238 valence electrons. The molecule has 4 amide bonds. The van der Waals surface area contributed by atoms with Gasteiger partial charge in [-0.25, -0.2) is 0 Å². The van der Waals surface area contributed by atoms with Crippen molar-refractivity contribution in [1.82, 2.24) is 30.4 Å². The van der Waals surface area contributed by atoms with Crippen molar-refractivity contribution >= 4 is 73.2 Å². The molecule has 0 aliphatic carbocycles. The number of aryl methyl sites for hydroxylation is 1. The number of hydrogen-bond donors (Lipinski definition) is 7. The maximum absolute atomic E-state index is 13.6. The van der Waals surface area contributed by atoms with E-state index in [1.165, 1.54) is 0 Å². The van der Waals surface area contributed by atoms with Crippen molar-refractivity contribution in [3.63, 3.8) is 0 Å². The lowest BCUT2D eigenvalue weighted by Gasteiger charge is -2.23. The first-order chi connectivity index (χ1) is 22.0. The number of amides is 4. The smallest absolute Gasteiger partial charge is 0.259 e. The van der Waals surface area contributed by atoms with E-state index in [1.54, 1.807) is 6.92 Å². The van der Waals surface area contributed by atoms with Gasteiger partial charge in [0, 0.05) is 58.8 Å². The van der Waals surface area contributed by atoms with Crippen molar-refractivity contribution < 1.29 is 19.2 Å². The van der Waals surface area contributed by atoms with E-state index in [4.69, 9.17) is 16.9 Å². The van der Waals surface area contributed by atoms with Crippen LogP contribution >= 0.6 is 0 Å². The topological polar surface area (TPSA) is 202 Å². The number of benzene rings is 3. The highest BCUT2D eigenvalue weighted by Gasteiger charge is 2.36. The van der Waals surface area contributed by atoms with Gasteiger partial charge in [0.2, 0.25) is 11.8 Å². The van der Waals surface area contributed by atoms with Crippen LogP contribution in [-0.2, 0) is 23.2 Å². The van der Waals surface area contributed by atoms with Crippen LogP contribution in [0.25, 0.3) is 43.6 Å². The van der Waals surface area contributed by atoms with Crippen LogP contribution in [0, 0.1) is 5.41 Å². The summed E-state index contributed by atoms with van der Waals surface area (Å²) in [6.07, 6.45) is 0.779. The summed E-state index contributed by atoms with van der Waals surface area (Å²) in [6.45, 7) is 4.12. The van der Waals surface area contributed by atoms with Crippen molar-refractivity contribution in [2.75, 3.05) is 6.54 Å². The lowest BCUT2D eigenvalue weighted by Crippen LogP contribution is -2.53. The third kappa shape index (κ3) is 5.08. The Kier molecular flexibility index (Phi) is 7.86. The van der Waals surface area contributed by atoms with Crippen molar-refractivity contribution in [3.8, 4) is 0 Å². The van der Waals surface area contributed by atoms with E-state index < -0.39 is 35.8 Å². The Morgan fingerprint density at radius 3 is 2.11 bits per heavy atom. The number of rotatable bonds is 10. The number of fused-ring (bicyclic) bond motifs is 10. The number of para-hydroxylation sites is 2. The molecular weight excluding hydrogens is 586 g/mol. The number of carbonyl (C=O) groups excluding carboxylic acids is 4. The van der Waals surface area contributed by atoms with Gasteiger partial charge in [0.25, 0.3) is 11.8 Å². The highest BCUT2D eigenvalue weighted by atomic mass is 16.2. The molecule has 3 aromatic carbocycles. The third-order valence-electron chi connectivity index (χ3n) is 8.61. The molecule has 0 bridgehead atoms. The quantitative estimate of drug-likeness (QED) is 0.0533. The van der Waals surface area contributed by atoms with Crippen LogP contribution in [-0.4, -0.2) is 63.4 Å². The third-order valence-corrected chi connectivity index (χ3v) is 8.61. The van der Waals surface area contributed by atoms with Gasteiger partial charge in [0.15, 0.2) is 5.96 Å². The number of carbonyl (C=O) groups is 4. The predicted molar refractivity (Wildman–Crippen MR) is 178 cm³/mol. The van der Waals surface area contributed by atoms with Gasteiger partial charge in [-0.05, 0) is 38.8 Å². The Labute approximate surface area is 264 Å². The van der Waals surface area contributed by atoms with E-state index in [2.05, 4.69) is 30.4 Å². The standard InChI is InChI=1S/C33H37N9O4/c1-16(38-30(44)20(39-29(43)17(2)34)11-8-14-37-33(35)36)15-42-22-13-7-5-10-19(22)24-26-25(31(45)40-32(26)46)23-18-9-4-6-12-21(18)41(3)27(23)28(24)42/h4-7,9-10,12-13,16-17,20H,8,11,14-15,34H2,1-3H3,(H,38,44)(H,39,43)(H4,35,36,37)(H,40,45,46)/t16?,17-,20-/m0/s1. The summed E-state index contributed by atoms with van der Waals surface area (Å²) in [4.78, 5) is 52.7. The van der Waals surface area contributed by atoms with Crippen LogP contribution in [0.4, 0.5) is 0 Å². The molecule has 0 spiro atoms. The Morgan fingerprint density at radius 1 is 0.891 bits per heavy atom. The summed E-state index contributed by atoms with van der Waals surface area (Å²) in [6, 6.07) is 13.5. The number of nitrogens with one attached hydrogen (secondary N) is 5. The fourth-order valence-electron chi connectivity index (χ4n) is 6.61. The van der Waals surface area contributed by atoms with Gasteiger partial charge in [-0.3, -0.25) is 29.9 Å². The molecule has 1 unspecified atom stereocenters. The molecule has 3 atom stereocenters. The van der Waals surface area contributed by atoms with E-state index in [0.717, 1.165) is 32.8 Å². The van der Waals surface area contributed by atoms with E-state index in [9.17, 15) is 19.2 Å². The minimum Gasteiger partial charge on any atom is -0.370 e. The van der Waals surface area contributed by atoms with E-state index in [1.807, 2.05) is 62.5 Å². The SMILES string of the molecule is CC(Cn1c2ccccc2c2c3c(c4c5ccccc5n(C)c4c21)C(=O)NC3=O)NC(=O)[C@H](CCCNC(=N)N)NC(=O)[C@H](C)N. The van der Waals surface area contributed by atoms with Gasteiger partial charge >= 0.3 is 0 Å². The van der Waals surface area contributed by atoms with Gasteiger partial charge in [0.05, 0.1) is 28.2 Å². The van der Waals surface area contributed by atoms with Gasteiger partial charge in [-0.15, -0.1) is 0 Å². The Balaban J connectivity index is 1.44. The van der Waals surface area contributed by atoms with Crippen LogP contribution in [0.1, 0.15) is 47.4 Å². The largest absolute Gasteiger partial charge is 0.370 e. The Morgan fingerprint density at radius 2 is 1.48 bits per heavy atom. The second-order valence-electron chi connectivity index (χ2n) is 11.9. The fourth-order valence-corrected chi connectivity index (χ4v) is 6.61. The van der Waals surface area contributed by atoms with Crippen molar-refractivity contribution in [2.45, 2.75) is 51.4 Å². The number of aromatic nitrogens is 2. The molecule has 1 aliphatic heterocycles. The molecule has 5 aromatic rings. The zero-order chi connectivity index (χ0) is 32.9. The fraction of sp³-hybridized carbons (Fsp3) is 0.303. The molecule has 0 fully saturated rings. The molecular formula is C33H37N9O4. The van der Waals surface area contributed by atoms with Crippen molar-refractivity contribution in [1.29, 1.82) is 5.41 Å². The number of imide groups is 1. The molecule has 0 radical (unpaired) electrons. The molecule has 6 rings (SSSR count). The molecule has 0 saturated heterocycles. The Bertz CT molecular complexity index is 2090. The first kappa shape index (κ1) is 30.6. The second-order valence-corrected chi connectivity index (χ2v) is 11.9. The number of hydrogen-bond acceptors (Lipinski definition) is 6. The van der Waals surface area contributed by atoms with Crippen LogP contribution in [0.3, 0.4) is 0 Å². The lowest BCUT2D eigenvalue weighted by molar-refractivity contribution is -0.130. The molecule has 9 N–H and O–H groups in total. The van der Waals surface area contributed by atoms with Crippen LogP contribution in [0.5, 0.6) is 0 Å². The summed E-state index contributed by atoms with van der Waals surface area (Å²) >= 11 is 0. The molecule has 13 heteroatoms. The first-order valence-electron chi connectivity index (χ1n) is 15.2. The summed E-state index contributed by atoms with van der Waals surface area (Å²) in [7, 11) is 1.95. The van der Waals surface area contributed by atoms with Gasteiger partial charge in [-0.1, -0.05) is 36.4 Å². The van der Waals surface area contributed by atoms with Gasteiger partial charge in [0.1, 0.15) is 6.04 Å². The lowest BCUT2D eigenvalue weighted by atomic mass is 9.96. The average Bonchev–Trinajstić information content (AvgIpc) is 3.60. The van der Waals surface area contributed by atoms with E-state index in [0.29, 0.717) is 47.8 Å². The summed E-state index contributed by atoms with van der Waals surface area (Å²) in [5, 5.41) is 21.5. The zero-order valence-corrected chi connectivity index (χ0v) is 25.9. The Hall–Kier alpha value is -5.43. The summed E-state index contributed by atoms with van der Waals surface area (Å²) < 4.78 is 4.15. The molecule has 46 heavy (non-hydrogen) atoms. The molecule has 13 nitrogen and oxygen atoms in total. The zero-order valence-electron chi connectivity index (χ0n) is 25.9. The molecule has 3 heterocycles. The monoisotopic (exact) mass is 623 g/mol. The highest BCUT2D eigenvalue weighted by Crippen LogP contribution is 2.44. The summed E-state index contributed by atoms with van der Waals surface area (Å²) in [5.41, 5.74) is 15.2. The molecule has 1 aliphatic rings. The van der Waals surface area contributed by atoms with Gasteiger partial charge < -0.3 is 36.6 Å². The number of nitrogens with two attached hydrogens (primary N) is 2. The molecule has 2 aromatic heterocycles. The van der Waals surface area contributed by atoms with Crippen LogP contribution < -0.4 is 32.7 Å². The highest BCUT2D eigenvalue weighted by molar-refractivity contribution is 6.39. The minimum absolute atomic E-state index is 0.173.